The zero-order valence-corrected chi connectivity index (χ0v) is 12.0. The fraction of sp³-hybridized carbons (Fsp3) is 0.286. The van der Waals surface area contributed by atoms with Crippen LogP contribution in [-0.2, 0) is 13.0 Å². The van der Waals surface area contributed by atoms with Crippen molar-refractivity contribution in [3.63, 3.8) is 0 Å². The van der Waals surface area contributed by atoms with E-state index in [9.17, 15) is 8.78 Å². The van der Waals surface area contributed by atoms with Crippen molar-refractivity contribution >= 4 is 22.6 Å². The van der Waals surface area contributed by atoms with Crippen LogP contribution in [0, 0.1) is 18.6 Å². The van der Waals surface area contributed by atoms with E-state index in [0.717, 1.165) is 11.8 Å². The lowest BCUT2D eigenvalue weighted by Crippen LogP contribution is -2.06. The van der Waals surface area contributed by atoms with Crippen LogP contribution in [0.2, 0.25) is 0 Å². The van der Waals surface area contributed by atoms with E-state index < -0.39 is 11.6 Å². The molecule has 3 rings (SSSR count). The van der Waals surface area contributed by atoms with Crippen LogP contribution in [0.25, 0.3) is 11.0 Å². The lowest BCUT2D eigenvalue weighted by molar-refractivity contribution is 0.372. The molecule has 0 aliphatic carbocycles. The summed E-state index contributed by atoms with van der Waals surface area (Å²) in [7, 11) is 0. The molecule has 110 valence electrons. The van der Waals surface area contributed by atoms with E-state index in [1.165, 1.54) is 6.07 Å². The van der Waals surface area contributed by atoms with Crippen molar-refractivity contribution in [2.24, 2.45) is 0 Å². The summed E-state index contributed by atoms with van der Waals surface area (Å²) in [5.41, 5.74) is 1.23. The molecule has 3 aromatic rings. The van der Waals surface area contributed by atoms with Crippen LogP contribution in [0.1, 0.15) is 17.3 Å². The summed E-state index contributed by atoms with van der Waals surface area (Å²) in [6.07, 6.45) is 0.449. The summed E-state index contributed by atoms with van der Waals surface area (Å²) in [5.74, 6) is -0.361. The Balaban J connectivity index is 2.16. The van der Waals surface area contributed by atoms with Crippen LogP contribution in [0.3, 0.4) is 0 Å². The largest absolute Gasteiger partial charge is 0.359 e. The van der Waals surface area contributed by atoms with Crippen molar-refractivity contribution in [2.45, 2.75) is 19.9 Å². The first-order valence-corrected chi connectivity index (χ1v) is 6.95. The number of hydrogen-bond donors (Lipinski definition) is 0. The second-order valence-corrected chi connectivity index (χ2v) is 5.09. The number of halogens is 3. The molecule has 4 nitrogen and oxygen atoms in total. The Labute approximate surface area is 124 Å². The maximum Gasteiger partial charge on any atom is 0.184 e. The molecule has 7 heteroatoms. The maximum absolute atomic E-state index is 14.1. The number of rotatable bonds is 4. The van der Waals surface area contributed by atoms with Crippen molar-refractivity contribution in [3.05, 3.63) is 47.1 Å². The van der Waals surface area contributed by atoms with E-state index in [0.29, 0.717) is 29.4 Å². The first-order valence-electron chi connectivity index (χ1n) is 6.41. The smallest absolute Gasteiger partial charge is 0.184 e. The average molecular weight is 312 g/mol. The van der Waals surface area contributed by atoms with Crippen LogP contribution < -0.4 is 0 Å². The number of nitrogens with zero attached hydrogens (tertiary/aromatic N) is 3. The van der Waals surface area contributed by atoms with Crippen LogP contribution in [0.5, 0.6) is 0 Å². The van der Waals surface area contributed by atoms with Crippen LogP contribution in [0.4, 0.5) is 8.78 Å². The molecule has 0 fully saturated rings. The predicted molar refractivity (Wildman–Crippen MR) is 74.4 cm³/mol. The van der Waals surface area contributed by atoms with Gasteiger partial charge >= 0.3 is 0 Å². The van der Waals surface area contributed by atoms with Crippen molar-refractivity contribution in [3.8, 4) is 0 Å². The molecule has 0 aliphatic heterocycles. The van der Waals surface area contributed by atoms with Crippen LogP contribution >= 0.6 is 11.6 Å². The number of fused-ring (bicyclic) bond motifs is 1. The molecular formula is C14H12ClF2N3O. The number of hydrogen-bond acceptors (Lipinski definition) is 3. The van der Waals surface area contributed by atoms with Gasteiger partial charge in [-0.25, -0.2) is 13.8 Å². The van der Waals surface area contributed by atoms with Gasteiger partial charge in [-0.3, -0.25) is 0 Å². The first kappa shape index (κ1) is 14.0. The minimum Gasteiger partial charge on any atom is -0.359 e. The van der Waals surface area contributed by atoms with Crippen molar-refractivity contribution in [1.82, 2.24) is 14.7 Å². The molecule has 2 aromatic heterocycles. The molecule has 0 aliphatic rings. The molecule has 1 aromatic carbocycles. The minimum absolute atomic E-state index is 0.115. The maximum atomic E-state index is 14.1. The molecule has 0 amide bonds. The Morgan fingerprint density at radius 3 is 2.81 bits per heavy atom. The van der Waals surface area contributed by atoms with Gasteiger partial charge in [0.05, 0.1) is 17.8 Å². The molecule has 0 bridgehead atoms. The van der Waals surface area contributed by atoms with Crippen molar-refractivity contribution < 1.29 is 13.3 Å². The third-order valence-electron chi connectivity index (χ3n) is 3.19. The molecule has 0 atom stereocenters. The zero-order valence-electron chi connectivity index (χ0n) is 11.2. The third-order valence-corrected chi connectivity index (χ3v) is 3.38. The van der Waals surface area contributed by atoms with Gasteiger partial charge in [-0.05, 0) is 19.1 Å². The molecule has 0 N–H and O–H groups in total. The fourth-order valence-electron chi connectivity index (χ4n) is 2.30. The Hall–Kier alpha value is -1.95. The first-order chi connectivity index (χ1) is 10.1. The number of aromatic nitrogens is 3. The lowest BCUT2D eigenvalue weighted by Gasteiger charge is -2.06. The van der Waals surface area contributed by atoms with E-state index >= 15 is 0 Å². The van der Waals surface area contributed by atoms with Gasteiger partial charge in [0.1, 0.15) is 11.3 Å². The van der Waals surface area contributed by atoms with E-state index in [2.05, 4.69) is 10.1 Å². The monoisotopic (exact) mass is 311 g/mol. The van der Waals surface area contributed by atoms with Gasteiger partial charge in [-0.15, -0.1) is 11.6 Å². The molecule has 0 unspecified atom stereocenters. The van der Waals surface area contributed by atoms with E-state index in [1.807, 2.05) is 0 Å². The summed E-state index contributed by atoms with van der Waals surface area (Å²) < 4.78 is 34.3. The summed E-state index contributed by atoms with van der Waals surface area (Å²) in [6.45, 7) is 2.02. The third kappa shape index (κ3) is 2.51. The van der Waals surface area contributed by atoms with E-state index in [-0.39, 0.29) is 12.1 Å². The van der Waals surface area contributed by atoms with Gasteiger partial charge < -0.3 is 9.09 Å². The molecular weight excluding hydrogens is 300 g/mol. The van der Waals surface area contributed by atoms with Crippen LogP contribution in [-0.4, -0.2) is 20.6 Å². The quantitative estimate of drug-likeness (QED) is 0.693. The van der Waals surface area contributed by atoms with Gasteiger partial charge in [-0.2, -0.15) is 0 Å². The highest BCUT2D eigenvalue weighted by molar-refractivity contribution is 6.17. The van der Waals surface area contributed by atoms with Gasteiger partial charge in [0, 0.05) is 18.4 Å². The van der Waals surface area contributed by atoms with Crippen molar-refractivity contribution in [1.29, 1.82) is 0 Å². The summed E-state index contributed by atoms with van der Waals surface area (Å²) in [6, 6.07) is 4.26. The summed E-state index contributed by atoms with van der Waals surface area (Å²) in [5, 5.41) is 3.79. The minimum atomic E-state index is -0.919. The highest BCUT2D eigenvalue weighted by Gasteiger charge is 2.18. The van der Waals surface area contributed by atoms with E-state index in [4.69, 9.17) is 16.1 Å². The highest BCUT2D eigenvalue weighted by atomic mass is 35.5. The van der Waals surface area contributed by atoms with E-state index in [1.54, 1.807) is 17.6 Å². The van der Waals surface area contributed by atoms with Crippen LogP contribution in [0.15, 0.2) is 22.7 Å². The van der Waals surface area contributed by atoms with Gasteiger partial charge in [0.2, 0.25) is 0 Å². The molecule has 0 spiro atoms. The Bertz CT molecular complexity index is 797. The lowest BCUT2D eigenvalue weighted by atomic mass is 10.3. The number of imidazole rings is 1. The second kappa shape index (κ2) is 5.44. The molecule has 21 heavy (non-hydrogen) atoms. The SMILES string of the molecule is Cc1cc(Cn2c(CCCl)nc3ccc(F)c(F)c32)on1. The zero-order chi connectivity index (χ0) is 15.0. The van der Waals surface area contributed by atoms with Gasteiger partial charge in [0.25, 0.3) is 0 Å². The van der Waals surface area contributed by atoms with Gasteiger partial charge in [0.15, 0.2) is 17.4 Å². The molecule has 0 radical (unpaired) electrons. The second-order valence-electron chi connectivity index (χ2n) is 4.72. The van der Waals surface area contributed by atoms with Gasteiger partial charge in [-0.1, -0.05) is 5.16 Å². The fourth-order valence-corrected chi connectivity index (χ4v) is 2.47. The Kier molecular flexibility index (Phi) is 3.63. The molecule has 2 heterocycles. The highest BCUT2D eigenvalue weighted by Crippen LogP contribution is 2.23. The topological polar surface area (TPSA) is 43.9 Å². The Morgan fingerprint density at radius 2 is 2.14 bits per heavy atom. The number of aryl methyl sites for hydroxylation is 2. The Morgan fingerprint density at radius 1 is 1.33 bits per heavy atom. The predicted octanol–water partition coefficient (Wildman–Crippen LogP) is 3.44. The normalized spacial score (nSPS) is 11.4. The summed E-state index contributed by atoms with van der Waals surface area (Å²) in [4.78, 5) is 4.32. The summed E-state index contributed by atoms with van der Waals surface area (Å²) >= 11 is 5.76. The average Bonchev–Trinajstić information content (AvgIpc) is 3.00. The number of alkyl halides is 1. The molecule has 0 saturated carbocycles. The standard InChI is InChI=1S/C14H12ClF2N3O/c1-8-6-9(21-19-8)7-20-12(4-5-15)18-11-3-2-10(16)13(17)14(11)20/h2-3,6H,4-5,7H2,1H3. The molecule has 0 saturated heterocycles. The number of benzene rings is 1. The van der Waals surface area contributed by atoms with Crippen molar-refractivity contribution in [2.75, 3.05) is 5.88 Å².